The lowest BCUT2D eigenvalue weighted by molar-refractivity contribution is -0.153. The Labute approximate surface area is 295 Å². The van der Waals surface area contributed by atoms with Crippen molar-refractivity contribution in [1.82, 2.24) is 14.9 Å². The fraction of sp³-hybridized carbons (Fsp3) is 0.526. The number of halogens is 3. The van der Waals surface area contributed by atoms with Crippen molar-refractivity contribution in [2.45, 2.75) is 76.2 Å². The van der Waals surface area contributed by atoms with Gasteiger partial charge in [-0.15, -0.1) is 0 Å². The first-order valence-corrected chi connectivity index (χ1v) is 18.0. The van der Waals surface area contributed by atoms with Crippen LogP contribution in [0.4, 0.5) is 30.6 Å². The summed E-state index contributed by atoms with van der Waals surface area (Å²) >= 11 is 0. The van der Waals surface area contributed by atoms with Gasteiger partial charge in [0.05, 0.1) is 12.2 Å². The number of carbonyl (C=O) groups is 1. The van der Waals surface area contributed by atoms with Gasteiger partial charge < -0.3 is 35.3 Å². The molecular weight excluding hydrogens is 659 g/mol. The number of aryl methyl sites for hydroxylation is 1. The van der Waals surface area contributed by atoms with Crippen LogP contribution in [-0.2, 0) is 9.53 Å². The highest BCUT2D eigenvalue weighted by atomic mass is 19.4. The quantitative estimate of drug-likeness (QED) is 0.142. The predicted octanol–water partition coefficient (Wildman–Crippen LogP) is 6.38. The fourth-order valence-corrected chi connectivity index (χ4v) is 8.14. The van der Waals surface area contributed by atoms with Gasteiger partial charge in [0, 0.05) is 73.1 Å². The summed E-state index contributed by atoms with van der Waals surface area (Å²) in [6.07, 6.45) is 5.04. The first-order valence-electron chi connectivity index (χ1n) is 18.0. The van der Waals surface area contributed by atoms with Gasteiger partial charge in [0.1, 0.15) is 11.3 Å². The number of carbonyl (C=O) groups excluding carboxylic acids is 1. The second-order valence-electron chi connectivity index (χ2n) is 15.1. The summed E-state index contributed by atoms with van der Waals surface area (Å²) in [7, 11) is 0. The van der Waals surface area contributed by atoms with Crippen LogP contribution in [0, 0.1) is 17.7 Å². The van der Waals surface area contributed by atoms with E-state index in [1.807, 2.05) is 22.8 Å². The molecule has 10 nitrogen and oxygen atoms in total. The van der Waals surface area contributed by atoms with E-state index in [2.05, 4.69) is 17.5 Å². The van der Waals surface area contributed by atoms with Crippen molar-refractivity contribution >= 4 is 40.5 Å². The molecule has 3 aromatic rings. The Hall–Kier alpha value is -4.39. The molecule has 8 rings (SSSR count). The molecule has 3 aliphatic heterocycles. The Balaban J connectivity index is 1.26. The lowest BCUT2D eigenvalue weighted by atomic mass is 9.72. The van der Waals surface area contributed by atoms with Crippen LogP contribution in [0.3, 0.4) is 0 Å². The van der Waals surface area contributed by atoms with Crippen molar-refractivity contribution in [2.24, 2.45) is 5.41 Å². The van der Waals surface area contributed by atoms with E-state index in [-0.39, 0.29) is 35.2 Å². The Bertz CT molecular complexity index is 1890. The number of fused-ring (bicyclic) bond motifs is 1. The first kappa shape index (κ1) is 33.7. The molecule has 3 saturated heterocycles. The van der Waals surface area contributed by atoms with Crippen molar-refractivity contribution in [3.8, 4) is 16.9 Å². The van der Waals surface area contributed by atoms with Gasteiger partial charge in [0.25, 0.3) is 0 Å². The third kappa shape index (κ3) is 6.27. The van der Waals surface area contributed by atoms with Crippen molar-refractivity contribution < 1.29 is 27.4 Å². The molecule has 0 bridgehead atoms. The molecule has 0 unspecified atom stereocenters. The molecule has 13 heteroatoms. The van der Waals surface area contributed by atoms with E-state index in [1.54, 1.807) is 6.07 Å². The van der Waals surface area contributed by atoms with Gasteiger partial charge in [0.15, 0.2) is 12.4 Å². The molecule has 0 atom stereocenters. The summed E-state index contributed by atoms with van der Waals surface area (Å²) < 4.78 is 54.1. The molecule has 4 heterocycles. The molecule has 1 amide bonds. The maximum Gasteiger partial charge on any atom is 0.422 e. The van der Waals surface area contributed by atoms with E-state index in [0.29, 0.717) is 84.3 Å². The summed E-state index contributed by atoms with van der Waals surface area (Å²) in [6, 6.07) is 5.60. The number of ether oxygens (including phenoxy) is 2. The maximum absolute atomic E-state index is 14.0. The molecule has 2 aromatic carbocycles. The van der Waals surface area contributed by atoms with Gasteiger partial charge in [-0.3, -0.25) is 4.79 Å². The number of hydrogen-bond donors (Lipinski definition) is 2. The van der Waals surface area contributed by atoms with Gasteiger partial charge in [-0.05, 0) is 92.7 Å². The number of hydrogen-bond acceptors (Lipinski definition) is 9. The molecular formula is C38H44F3N7O3. The van der Waals surface area contributed by atoms with Gasteiger partial charge in [0.2, 0.25) is 11.9 Å². The Morgan fingerprint density at radius 3 is 2.41 bits per heavy atom. The molecule has 2 aliphatic carbocycles. The van der Waals surface area contributed by atoms with E-state index in [9.17, 15) is 18.0 Å². The predicted molar refractivity (Wildman–Crippen MR) is 191 cm³/mol. The molecule has 2 saturated carbocycles. The van der Waals surface area contributed by atoms with Crippen LogP contribution in [0.1, 0.15) is 67.6 Å². The molecule has 5 fully saturated rings. The van der Waals surface area contributed by atoms with Crippen molar-refractivity contribution in [2.75, 3.05) is 61.4 Å². The minimum Gasteiger partial charge on any atom is -0.481 e. The Kier molecular flexibility index (Phi) is 8.39. The van der Waals surface area contributed by atoms with E-state index in [0.717, 1.165) is 49.7 Å². The van der Waals surface area contributed by atoms with Crippen molar-refractivity contribution in [1.29, 1.82) is 5.41 Å². The first-order chi connectivity index (χ1) is 24.5. The van der Waals surface area contributed by atoms with E-state index >= 15 is 0 Å². The van der Waals surface area contributed by atoms with Gasteiger partial charge >= 0.3 is 6.18 Å². The van der Waals surface area contributed by atoms with Crippen LogP contribution in [0.15, 0.2) is 30.9 Å². The number of nitrogens with two attached hydrogens (primary N) is 1. The topological polar surface area (TPSA) is 121 Å². The zero-order valence-corrected chi connectivity index (χ0v) is 28.9. The lowest BCUT2D eigenvalue weighted by Gasteiger charge is -2.54. The standard InChI is InChI=1S/C38H44F3N7O3/c1-3-30(49)48-19-37(20-48)11-13-46(14-12-37)35-27-15-26(23-8-9-23)32(31-22(2)7-10-29(43)28(31)16-42)34(50-21-38(39,40)41)33(27)44-36(45-35)47-17-25(18-47)51-24-5-4-6-24/h3,7,10,15-16,23-25,42H,1,4-6,8-9,11-14,17-21,43H2,2H3. The van der Waals surface area contributed by atoms with Crippen LogP contribution >= 0.6 is 0 Å². The number of nitrogens with zero attached hydrogens (tertiary/aromatic N) is 5. The molecule has 3 N–H and O–H groups in total. The van der Waals surface area contributed by atoms with Gasteiger partial charge in [-0.25, -0.2) is 4.98 Å². The van der Waals surface area contributed by atoms with E-state index < -0.39 is 12.8 Å². The smallest absolute Gasteiger partial charge is 0.422 e. The van der Waals surface area contributed by atoms with Crippen LogP contribution in [-0.4, -0.2) is 91.2 Å². The SMILES string of the molecule is C=CC(=O)N1CC2(CCN(c3nc(N4CC(OC5CCC5)C4)nc4c(OCC(F)(F)F)c(-c5c(C)ccc(N)c5C=N)c(C5CC5)cc34)CC2)C1. The van der Waals surface area contributed by atoms with Crippen molar-refractivity contribution in [3.63, 3.8) is 0 Å². The largest absolute Gasteiger partial charge is 0.481 e. The maximum atomic E-state index is 14.0. The fourth-order valence-electron chi connectivity index (χ4n) is 8.14. The third-order valence-corrected chi connectivity index (χ3v) is 11.5. The second kappa shape index (κ2) is 12.7. The summed E-state index contributed by atoms with van der Waals surface area (Å²) in [5, 5.41) is 8.92. The molecule has 1 aromatic heterocycles. The number of nitrogen functional groups attached to an aromatic ring is 1. The molecule has 51 heavy (non-hydrogen) atoms. The zero-order chi connectivity index (χ0) is 35.7. The summed E-state index contributed by atoms with van der Waals surface area (Å²) in [5.74, 6) is 1.20. The number of benzene rings is 2. The summed E-state index contributed by atoms with van der Waals surface area (Å²) in [5.41, 5.74) is 10.3. The van der Waals surface area contributed by atoms with Gasteiger partial charge in [-0.2, -0.15) is 18.2 Å². The number of likely N-dealkylation sites (tertiary alicyclic amines) is 1. The number of anilines is 3. The molecule has 270 valence electrons. The van der Waals surface area contributed by atoms with Crippen molar-refractivity contribution in [3.05, 3.63) is 47.5 Å². The molecule has 0 radical (unpaired) electrons. The summed E-state index contributed by atoms with van der Waals surface area (Å²) in [6.45, 7) is 7.94. The number of piperidine rings is 1. The molecule has 5 aliphatic rings. The van der Waals surface area contributed by atoms with Crippen LogP contribution < -0.4 is 20.3 Å². The van der Waals surface area contributed by atoms with Crippen LogP contribution in [0.25, 0.3) is 22.0 Å². The van der Waals surface area contributed by atoms with Gasteiger partial charge in [-0.1, -0.05) is 12.6 Å². The highest BCUT2D eigenvalue weighted by Crippen LogP contribution is 2.53. The highest BCUT2D eigenvalue weighted by molar-refractivity contribution is 6.05. The highest BCUT2D eigenvalue weighted by Gasteiger charge is 2.47. The minimum atomic E-state index is -4.60. The minimum absolute atomic E-state index is 0.0334. The number of nitrogens with one attached hydrogen (secondary N) is 1. The zero-order valence-electron chi connectivity index (χ0n) is 28.9. The monoisotopic (exact) mass is 703 g/mol. The number of aromatic nitrogens is 2. The van der Waals surface area contributed by atoms with Crippen LogP contribution in [0.5, 0.6) is 5.75 Å². The van der Waals surface area contributed by atoms with E-state index in [4.69, 9.17) is 30.6 Å². The third-order valence-electron chi connectivity index (χ3n) is 11.5. The number of alkyl halides is 3. The Morgan fingerprint density at radius 1 is 1.08 bits per heavy atom. The number of amides is 1. The second-order valence-corrected chi connectivity index (χ2v) is 15.1. The van der Waals surface area contributed by atoms with Crippen LogP contribution in [0.2, 0.25) is 0 Å². The normalized spacial score (nSPS) is 20.6. The number of rotatable bonds is 10. The average molecular weight is 704 g/mol. The molecule has 1 spiro atoms. The van der Waals surface area contributed by atoms with E-state index in [1.165, 1.54) is 18.7 Å². The Morgan fingerprint density at radius 2 is 1.80 bits per heavy atom. The average Bonchev–Trinajstić information content (AvgIpc) is 3.90. The lowest BCUT2D eigenvalue weighted by Crippen LogP contribution is -2.61. The summed E-state index contributed by atoms with van der Waals surface area (Å²) in [4.78, 5) is 28.4.